The molecule has 19 heavy (non-hydrogen) atoms. The van der Waals surface area contributed by atoms with Crippen LogP contribution >= 0.6 is 0 Å². The van der Waals surface area contributed by atoms with Crippen LogP contribution in [0.5, 0.6) is 0 Å². The van der Waals surface area contributed by atoms with Crippen LogP contribution < -0.4 is 16.6 Å². The maximum atomic E-state index is 5.46. The minimum atomic E-state index is 0.685. The topological polar surface area (TPSA) is 79.1 Å². The standard InChI is InChI=1S/C13H24N6/c1-4-19(11-5-6-11)8-7-15-12-9(2)13(18-14)17-10(3)16-12/h11H,4-8,14H2,1-3H3,(H2,15,16,17,18). The molecule has 106 valence electrons. The van der Waals surface area contributed by atoms with Gasteiger partial charge in [0.25, 0.3) is 0 Å². The largest absolute Gasteiger partial charge is 0.368 e. The number of likely N-dealkylation sites (N-methyl/N-ethyl adjacent to an activating group) is 1. The van der Waals surface area contributed by atoms with E-state index in [1.54, 1.807) is 0 Å². The summed E-state index contributed by atoms with van der Waals surface area (Å²) in [6.07, 6.45) is 2.70. The summed E-state index contributed by atoms with van der Waals surface area (Å²) in [6, 6.07) is 0.807. The lowest BCUT2D eigenvalue weighted by molar-refractivity contribution is 0.289. The molecule has 1 aliphatic carbocycles. The summed E-state index contributed by atoms with van der Waals surface area (Å²) < 4.78 is 0. The van der Waals surface area contributed by atoms with Gasteiger partial charge in [-0.25, -0.2) is 15.8 Å². The number of nitrogens with two attached hydrogens (primary N) is 1. The van der Waals surface area contributed by atoms with Crippen LogP contribution in [0.1, 0.15) is 31.2 Å². The Morgan fingerprint density at radius 1 is 1.26 bits per heavy atom. The molecule has 0 radical (unpaired) electrons. The summed E-state index contributed by atoms with van der Waals surface area (Å²) in [7, 11) is 0. The first kappa shape index (κ1) is 14.0. The average Bonchev–Trinajstić information content (AvgIpc) is 3.22. The molecule has 0 amide bonds. The second-order valence-electron chi connectivity index (χ2n) is 5.02. The second-order valence-corrected chi connectivity index (χ2v) is 5.02. The molecule has 4 N–H and O–H groups in total. The van der Waals surface area contributed by atoms with Crippen molar-refractivity contribution in [2.45, 2.75) is 39.7 Å². The van der Waals surface area contributed by atoms with Gasteiger partial charge in [-0.05, 0) is 33.2 Å². The van der Waals surface area contributed by atoms with E-state index in [-0.39, 0.29) is 0 Å². The number of hydrogen-bond donors (Lipinski definition) is 3. The number of nitrogen functional groups attached to an aromatic ring is 1. The van der Waals surface area contributed by atoms with Crippen molar-refractivity contribution in [2.75, 3.05) is 30.4 Å². The molecule has 1 fully saturated rings. The van der Waals surface area contributed by atoms with Gasteiger partial charge in [-0.3, -0.25) is 4.90 Å². The Balaban J connectivity index is 1.93. The van der Waals surface area contributed by atoms with Crippen molar-refractivity contribution in [3.63, 3.8) is 0 Å². The van der Waals surface area contributed by atoms with Gasteiger partial charge in [-0.15, -0.1) is 0 Å². The molecule has 0 spiro atoms. The normalized spacial score (nSPS) is 14.8. The first-order valence-corrected chi connectivity index (χ1v) is 6.95. The van der Waals surface area contributed by atoms with Crippen LogP contribution in [0, 0.1) is 13.8 Å². The van der Waals surface area contributed by atoms with Gasteiger partial charge in [0.2, 0.25) is 0 Å². The Kier molecular flexibility index (Phi) is 4.55. The van der Waals surface area contributed by atoms with Gasteiger partial charge in [-0.1, -0.05) is 6.92 Å². The quantitative estimate of drug-likeness (QED) is 0.508. The molecule has 1 saturated carbocycles. The van der Waals surface area contributed by atoms with E-state index in [0.29, 0.717) is 5.82 Å². The molecule has 2 rings (SSSR count). The molecule has 0 atom stereocenters. The highest BCUT2D eigenvalue weighted by molar-refractivity contribution is 5.56. The molecule has 1 aromatic rings. The fraction of sp³-hybridized carbons (Fsp3) is 0.692. The summed E-state index contributed by atoms with van der Waals surface area (Å²) in [5.74, 6) is 7.73. The Morgan fingerprint density at radius 3 is 2.53 bits per heavy atom. The molecule has 0 aliphatic heterocycles. The zero-order valence-corrected chi connectivity index (χ0v) is 12.0. The number of aromatic nitrogens is 2. The van der Waals surface area contributed by atoms with Crippen LogP contribution in [-0.2, 0) is 0 Å². The van der Waals surface area contributed by atoms with Gasteiger partial charge in [0.05, 0.1) is 0 Å². The second kappa shape index (κ2) is 6.16. The zero-order chi connectivity index (χ0) is 13.8. The molecule has 0 aromatic carbocycles. The third-order valence-corrected chi connectivity index (χ3v) is 3.56. The van der Waals surface area contributed by atoms with Crippen molar-refractivity contribution in [2.24, 2.45) is 5.84 Å². The number of rotatable bonds is 7. The van der Waals surface area contributed by atoms with Gasteiger partial charge in [0.1, 0.15) is 17.5 Å². The van der Waals surface area contributed by atoms with E-state index in [0.717, 1.165) is 42.9 Å². The molecule has 0 bridgehead atoms. The summed E-state index contributed by atoms with van der Waals surface area (Å²) in [4.78, 5) is 11.2. The predicted octanol–water partition coefficient (Wildman–Crippen LogP) is 1.28. The van der Waals surface area contributed by atoms with Crippen molar-refractivity contribution in [1.82, 2.24) is 14.9 Å². The SMILES string of the molecule is CCN(CCNc1nc(C)nc(NN)c1C)C1CC1. The Morgan fingerprint density at radius 2 is 1.95 bits per heavy atom. The number of hydrazine groups is 1. The molecule has 1 aromatic heterocycles. The third-order valence-electron chi connectivity index (χ3n) is 3.56. The minimum absolute atomic E-state index is 0.685. The maximum Gasteiger partial charge on any atom is 0.148 e. The highest BCUT2D eigenvalue weighted by atomic mass is 15.3. The highest BCUT2D eigenvalue weighted by Gasteiger charge is 2.27. The molecular weight excluding hydrogens is 240 g/mol. The number of anilines is 2. The van der Waals surface area contributed by atoms with E-state index < -0.39 is 0 Å². The smallest absolute Gasteiger partial charge is 0.148 e. The van der Waals surface area contributed by atoms with Crippen LogP contribution in [0.2, 0.25) is 0 Å². The lowest BCUT2D eigenvalue weighted by Crippen LogP contribution is -2.31. The van der Waals surface area contributed by atoms with E-state index in [1.807, 2.05) is 13.8 Å². The lowest BCUT2D eigenvalue weighted by atomic mass is 10.3. The molecule has 6 nitrogen and oxygen atoms in total. The van der Waals surface area contributed by atoms with Gasteiger partial charge in [-0.2, -0.15) is 0 Å². The van der Waals surface area contributed by atoms with Crippen molar-refractivity contribution < 1.29 is 0 Å². The van der Waals surface area contributed by atoms with Crippen molar-refractivity contribution >= 4 is 11.6 Å². The van der Waals surface area contributed by atoms with Crippen LogP contribution in [0.4, 0.5) is 11.6 Å². The Bertz CT molecular complexity index is 429. The van der Waals surface area contributed by atoms with Gasteiger partial charge >= 0.3 is 0 Å². The summed E-state index contributed by atoms with van der Waals surface area (Å²) in [5, 5.41) is 3.39. The molecule has 0 saturated heterocycles. The molecule has 1 aliphatic rings. The third kappa shape index (κ3) is 3.54. The van der Waals surface area contributed by atoms with Crippen molar-refractivity contribution in [1.29, 1.82) is 0 Å². The van der Waals surface area contributed by atoms with E-state index in [1.165, 1.54) is 12.8 Å². The number of hydrogen-bond acceptors (Lipinski definition) is 6. The summed E-state index contributed by atoms with van der Waals surface area (Å²) >= 11 is 0. The molecular formula is C13H24N6. The first-order chi connectivity index (χ1) is 9.15. The first-order valence-electron chi connectivity index (χ1n) is 6.95. The van der Waals surface area contributed by atoms with E-state index in [4.69, 9.17) is 5.84 Å². The van der Waals surface area contributed by atoms with Crippen molar-refractivity contribution in [3.8, 4) is 0 Å². The summed E-state index contributed by atoms with van der Waals surface area (Å²) in [6.45, 7) is 9.11. The number of nitrogens with one attached hydrogen (secondary N) is 2. The zero-order valence-electron chi connectivity index (χ0n) is 12.0. The Hall–Kier alpha value is -1.40. The fourth-order valence-electron chi connectivity index (χ4n) is 2.30. The summed E-state index contributed by atoms with van der Waals surface area (Å²) in [5.41, 5.74) is 3.57. The van der Waals surface area contributed by atoms with E-state index in [2.05, 4.69) is 32.5 Å². The van der Waals surface area contributed by atoms with E-state index in [9.17, 15) is 0 Å². The van der Waals surface area contributed by atoms with Crippen LogP contribution in [0.15, 0.2) is 0 Å². The molecule has 6 heteroatoms. The maximum absolute atomic E-state index is 5.46. The van der Waals surface area contributed by atoms with E-state index >= 15 is 0 Å². The predicted molar refractivity (Wildman–Crippen MR) is 78.1 cm³/mol. The number of nitrogens with zero attached hydrogens (tertiary/aromatic N) is 3. The van der Waals surface area contributed by atoms with Gasteiger partial charge in [0, 0.05) is 24.7 Å². The lowest BCUT2D eigenvalue weighted by Gasteiger charge is -2.20. The molecule has 1 heterocycles. The molecule has 0 unspecified atom stereocenters. The van der Waals surface area contributed by atoms with Gasteiger partial charge < -0.3 is 10.7 Å². The fourth-order valence-corrected chi connectivity index (χ4v) is 2.30. The average molecular weight is 264 g/mol. The van der Waals surface area contributed by atoms with Crippen LogP contribution in [-0.4, -0.2) is 40.5 Å². The van der Waals surface area contributed by atoms with Crippen LogP contribution in [0.3, 0.4) is 0 Å². The minimum Gasteiger partial charge on any atom is -0.368 e. The van der Waals surface area contributed by atoms with Gasteiger partial charge in [0.15, 0.2) is 0 Å². The number of aryl methyl sites for hydroxylation is 1. The van der Waals surface area contributed by atoms with Crippen LogP contribution in [0.25, 0.3) is 0 Å². The Labute approximate surface area is 114 Å². The highest BCUT2D eigenvalue weighted by Crippen LogP contribution is 2.26. The van der Waals surface area contributed by atoms with Crippen molar-refractivity contribution in [3.05, 3.63) is 11.4 Å². The monoisotopic (exact) mass is 264 g/mol.